The van der Waals surface area contributed by atoms with Gasteiger partial charge in [-0.1, -0.05) is 40.2 Å². The van der Waals surface area contributed by atoms with Crippen LogP contribution in [0.5, 0.6) is 0 Å². The Morgan fingerprint density at radius 3 is 2.33 bits per heavy atom. The van der Waals surface area contributed by atoms with E-state index in [0.29, 0.717) is 10.9 Å². The van der Waals surface area contributed by atoms with Crippen molar-refractivity contribution in [2.45, 2.75) is 6.54 Å². The second-order valence-corrected chi connectivity index (χ2v) is 3.47. The third-order valence-electron chi connectivity index (χ3n) is 1.84. The number of carbonyl (C=O) groups excluding carboxylic acids is 1. The maximum atomic E-state index is 11.2. The molecule has 15 heavy (non-hydrogen) atoms. The molecule has 80 valence electrons. The van der Waals surface area contributed by atoms with E-state index in [4.69, 9.17) is 5.11 Å². The summed E-state index contributed by atoms with van der Waals surface area (Å²) in [7, 11) is 0. The number of benzene rings is 1. The predicted molar refractivity (Wildman–Crippen MR) is 59.4 cm³/mol. The van der Waals surface area contributed by atoms with E-state index >= 15 is 0 Å². The molecule has 1 amide bonds. The van der Waals surface area contributed by atoms with Crippen LogP contribution in [0.3, 0.4) is 0 Å². The van der Waals surface area contributed by atoms with Crippen molar-refractivity contribution >= 4 is 27.8 Å². The molecule has 1 aromatic carbocycles. The summed E-state index contributed by atoms with van der Waals surface area (Å²) in [6.07, 6.45) is -1.06. The number of nitrogens with one attached hydrogen (secondary N) is 1. The van der Waals surface area contributed by atoms with Crippen molar-refractivity contribution in [1.82, 2.24) is 5.32 Å². The van der Waals surface area contributed by atoms with Gasteiger partial charge in [0.15, 0.2) is 5.78 Å². The Balaban J connectivity index is 2.64. The number of hydrogen-bond acceptors (Lipinski definition) is 2. The Bertz CT molecular complexity index is 361. The van der Waals surface area contributed by atoms with Gasteiger partial charge in [-0.2, -0.15) is 0 Å². The Morgan fingerprint density at radius 1 is 1.27 bits per heavy atom. The molecule has 0 saturated heterocycles. The van der Waals surface area contributed by atoms with E-state index in [1.807, 2.05) is 0 Å². The zero-order valence-corrected chi connectivity index (χ0v) is 9.45. The SMILES string of the molecule is O=C(O)NCc1ccc(C(=O)CBr)cc1. The number of ketones is 1. The van der Waals surface area contributed by atoms with Crippen LogP contribution in [0.25, 0.3) is 0 Å². The number of alkyl halides is 1. The molecule has 4 nitrogen and oxygen atoms in total. The van der Waals surface area contributed by atoms with Crippen LogP contribution < -0.4 is 5.32 Å². The minimum Gasteiger partial charge on any atom is -0.465 e. The van der Waals surface area contributed by atoms with Crippen LogP contribution in [0.15, 0.2) is 24.3 Å². The fourth-order valence-electron chi connectivity index (χ4n) is 1.06. The third kappa shape index (κ3) is 3.71. The standard InChI is InChI=1S/C10H10BrNO3/c11-5-9(13)8-3-1-7(2-4-8)6-12-10(14)15/h1-4,12H,5-6H2,(H,14,15). The van der Waals surface area contributed by atoms with Crippen molar-refractivity contribution in [3.05, 3.63) is 35.4 Å². The summed E-state index contributed by atoms with van der Waals surface area (Å²) in [5.41, 5.74) is 1.44. The van der Waals surface area contributed by atoms with Crippen molar-refractivity contribution in [3.63, 3.8) is 0 Å². The van der Waals surface area contributed by atoms with E-state index < -0.39 is 6.09 Å². The summed E-state index contributed by atoms with van der Waals surface area (Å²) < 4.78 is 0. The summed E-state index contributed by atoms with van der Waals surface area (Å²) in [4.78, 5) is 21.5. The first-order valence-corrected chi connectivity index (χ1v) is 5.40. The average molecular weight is 272 g/mol. The maximum Gasteiger partial charge on any atom is 0.404 e. The molecule has 0 aliphatic carbocycles. The van der Waals surface area contributed by atoms with Crippen molar-refractivity contribution in [3.8, 4) is 0 Å². The summed E-state index contributed by atoms with van der Waals surface area (Å²) in [6.45, 7) is 0.248. The predicted octanol–water partition coefficient (Wildman–Crippen LogP) is 2.03. The van der Waals surface area contributed by atoms with Crippen LogP contribution in [-0.4, -0.2) is 22.3 Å². The highest BCUT2D eigenvalue weighted by Crippen LogP contribution is 2.06. The van der Waals surface area contributed by atoms with Gasteiger partial charge in [-0.05, 0) is 5.56 Å². The lowest BCUT2D eigenvalue weighted by Crippen LogP contribution is -2.19. The number of halogens is 1. The van der Waals surface area contributed by atoms with Gasteiger partial charge in [0.1, 0.15) is 0 Å². The lowest BCUT2D eigenvalue weighted by molar-refractivity contribution is 0.102. The molecule has 1 rings (SSSR count). The first-order chi connectivity index (χ1) is 7.13. The Labute approximate surface area is 95.4 Å². The average Bonchev–Trinajstić information content (AvgIpc) is 2.26. The Hall–Kier alpha value is -1.36. The minimum absolute atomic E-state index is 0.00717. The smallest absolute Gasteiger partial charge is 0.404 e. The zero-order valence-electron chi connectivity index (χ0n) is 7.87. The van der Waals surface area contributed by atoms with E-state index in [0.717, 1.165) is 5.56 Å². The van der Waals surface area contributed by atoms with Crippen LogP contribution in [0.1, 0.15) is 15.9 Å². The van der Waals surface area contributed by atoms with Gasteiger partial charge in [-0.3, -0.25) is 4.79 Å². The molecule has 0 saturated carbocycles. The highest BCUT2D eigenvalue weighted by atomic mass is 79.9. The molecular formula is C10H10BrNO3. The van der Waals surface area contributed by atoms with Crippen molar-refractivity contribution in [2.75, 3.05) is 5.33 Å². The summed E-state index contributed by atoms with van der Waals surface area (Å²) in [5, 5.41) is 10.9. The molecule has 0 radical (unpaired) electrons. The highest BCUT2D eigenvalue weighted by Gasteiger charge is 2.03. The van der Waals surface area contributed by atoms with Gasteiger partial charge in [-0.25, -0.2) is 4.79 Å². The fraction of sp³-hybridized carbons (Fsp3) is 0.200. The first kappa shape index (κ1) is 11.7. The zero-order chi connectivity index (χ0) is 11.3. The summed E-state index contributed by atoms with van der Waals surface area (Å²) >= 11 is 3.08. The summed E-state index contributed by atoms with van der Waals surface area (Å²) in [6, 6.07) is 6.82. The molecule has 0 aromatic heterocycles. The quantitative estimate of drug-likeness (QED) is 0.651. The lowest BCUT2D eigenvalue weighted by Gasteiger charge is -2.02. The summed E-state index contributed by atoms with van der Waals surface area (Å²) in [5.74, 6) is 0.00717. The topological polar surface area (TPSA) is 66.4 Å². The fourth-order valence-corrected chi connectivity index (χ4v) is 1.39. The van der Waals surface area contributed by atoms with E-state index in [-0.39, 0.29) is 12.3 Å². The van der Waals surface area contributed by atoms with Crippen molar-refractivity contribution in [2.24, 2.45) is 0 Å². The van der Waals surface area contributed by atoms with Crippen LogP contribution in [-0.2, 0) is 6.54 Å². The van der Waals surface area contributed by atoms with Gasteiger partial charge >= 0.3 is 6.09 Å². The molecule has 5 heteroatoms. The number of rotatable bonds is 4. The monoisotopic (exact) mass is 271 g/mol. The number of carboxylic acid groups (broad SMARTS) is 1. The van der Waals surface area contributed by atoms with Gasteiger partial charge < -0.3 is 10.4 Å². The van der Waals surface area contributed by atoms with E-state index in [1.54, 1.807) is 24.3 Å². The third-order valence-corrected chi connectivity index (χ3v) is 2.35. The molecule has 0 unspecified atom stereocenters. The van der Waals surface area contributed by atoms with Gasteiger partial charge in [0.25, 0.3) is 0 Å². The second kappa shape index (κ2) is 5.50. The molecule has 2 N–H and O–H groups in total. The molecule has 0 fully saturated rings. The van der Waals surface area contributed by atoms with Crippen LogP contribution in [0.4, 0.5) is 4.79 Å². The van der Waals surface area contributed by atoms with Gasteiger partial charge in [-0.15, -0.1) is 0 Å². The Morgan fingerprint density at radius 2 is 1.87 bits per heavy atom. The number of hydrogen-bond donors (Lipinski definition) is 2. The van der Waals surface area contributed by atoms with Crippen LogP contribution in [0, 0.1) is 0 Å². The Kier molecular flexibility index (Phi) is 4.30. The minimum atomic E-state index is -1.06. The van der Waals surface area contributed by atoms with E-state index in [2.05, 4.69) is 21.2 Å². The normalized spacial score (nSPS) is 9.67. The molecular weight excluding hydrogens is 262 g/mol. The van der Waals surface area contributed by atoms with Crippen LogP contribution in [0.2, 0.25) is 0 Å². The lowest BCUT2D eigenvalue weighted by atomic mass is 10.1. The molecule has 0 atom stereocenters. The molecule has 0 aliphatic rings. The molecule has 0 aliphatic heterocycles. The largest absolute Gasteiger partial charge is 0.465 e. The molecule has 0 heterocycles. The van der Waals surface area contributed by atoms with E-state index in [9.17, 15) is 9.59 Å². The van der Waals surface area contributed by atoms with Gasteiger partial charge in [0, 0.05) is 12.1 Å². The van der Waals surface area contributed by atoms with Gasteiger partial charge in [0.05, 0.1) is 5.33 Å². The number of Topliss-reactive ketones (excluding diaryl/α,β-unsaturated/α-hetero) is 1. The second-order valence-electron chi connectivity index (χ2n) is 2.91. The molecule has 0 spiro atoms. The first-order valence-electron chi connectivity index (χ1n) is 4.28. The highest BCUT2D eigenvalue weighted by molar-refractivity contribution is 9.09. The molecule has 1 aromatic rings. The number of amides is 1. The van der Waals surface area contributed by atoms with Crippen molar-refractivity contribution < 1.29 is 14.7 Å². The van der Waals surface area contributed by atoms with E-state index in [1.165, 1.54) is 0 Å². The van der Waals surface area contributed by atoms with Crippen molar-refractivity contribution in [1.29, 1.82) is 0 Å². The number of carbonyl (C=O) groups is 2. The maximum absolute atomic E-state index is 11.2. The van der Waals surface area contributed by atoms with Crippen LogP contribution >= 0.6 is 15.9 Å². The molecule has 0 bridgehead atoms. The van der Waals surface area contributed by atoms with Gasteiger partial charge in [0.2, 0.25) is 0 Å².